The maximum absolute atomic E-state index is 8.82. The molecular weight excluding hydrogens is 236 g/mol. The van der Waals surface area contributed by atoms with Crippen molar-refractivity contribution in [2.45, 2.75) is 51.7 Å². The second kappa shape index (κ2) is 7.88. The van der Waals surface area contributed by atoms with Crippen LogP contribution < -0.4 is 5.73 Å². The number of aromatic nitrogens is 1. The molecule has 0 bridgehead atoms. The molecule has 0 aromatic carbocycles. The molecule has 1 heterocycles. The molecule has 0 aliphatic carbocycles. The maximum Gasteiger partial charge on any atom is 0.0676 e. The average molecular weight is 260 g/mol. The van der Waals surface area contributed by atoms with E-state index >= 15 is 0 Å². The molecule has 1 aromatic rings. The van der Waals surface area contributed by atoms with E-state index in [-0.39, 0.29) is 12.1 Å². The van der Waals surface area contributed by atoms with Crippen molar-refractivity contribution in [3.05, 3.63) is 30.1 Å². The van der Waals surface area contributed by atoms with Crippen LogP contribution in [0, 0.1) is 11.3 Å². The number of nitriles is 1. The van der Waals surface area contributed by atoms with Crippen LogP contribution in [0.5, 0.6) is 0 Å². The molecule has 0 aliphatic heterocycles. The summed E-state index contributed by atoms with van der Waals surface area (Å²) in [6.07, 6.45) is 3.20. The molecule has 1 aromatic heterocycles. The molecule has 0 radical (unpaired) electrons. The second-order valence-electron chi connectivity index (χ2n) is 5.01. The third-order valence-corrected chi connectivity index (χ3v) is 3.37. The van der Waals surface area contributed by atoms with E-state index < -0.39 is 0 Å². The molecule has 2 unspecified atom stereocenters. The summed E-state index contributed by atoms with van der Waals surface area (Å²) < 4.78 is 0. The molecule has 0 spiro atoms. The zero-order chi connectivity index (χ0) is 14.3. The number of rotatable bonds is 7. The average Bonchev–Trinajstić information content (AvgIpc) is 2.43. The van der Waals surface area contributed by atoms with Crippen LogP contribution in [0.1, 0.15) is 45.3 Å². The summed E-state index contributed by atoms with van der Waals surface area (Å²) in [5.74, 6) is 0. The lowest BCUT2D eigenvalue weighted by atomic mass is 9.99. The lowest BCUT2D eigenvalue weighted by Crippen LogP contribution is -2.45. The predicted octanol–water partition coefficient (Wildman–Crippen LogP) is 2.48. The zero-order valence-electron chi connectivity index (χ0n) is 12.1. The van der Waals surface area contributed by atoms with Crippen LogP contribution in [0.2, 0.25) is 0 Å². The highest BCUT2D eigenvalue weighted by Crippen LogP contribution is 2.25. The van der Waals surface area contributed by atoms with E-state index in [1.54, 1.807) is 6.20 Å². The summed E-state index contributed by atoms with van der Waals surface area (Å²) in [4.78, 5) is 6.73. The summed E-state index contributed by atoms with van der Waals surface area (Å²) in [5, 5.41) is 8.82. The van der Waals surface area contributed by atoms with Gasteiger partial charge in [-0.15, -0.1) is 0 Å². The lowest BCUT2D eigenvalue weighted by Gasteiger charge is -2.37. The Morgan fingerprint density at radius 1 is 1.42 bits per heavy atom. The molecule has 0 amide bonds. The molecule has 2 atom stereocenters. The Balaban J connectivity index is 3.04. The standard InChI is InChI=1S/C15H24N4/c1-4-13(17)15(14-8-5-6-10-18-14)19(12(2)3)11-7-9-16/h5-6,8,10,12-13,15H,4,7,11,17H2,1-3H3. The SMILES string of the molecule is CCC(N)C(c1ccccn1)N(CCC#N)C(C)C. The first-order valence-corrected chi connectivity index (χ1v) is 6.91. The van der Waals surface area contributed by atoms with Gasteiger partial charge in [0.2, 0.25) is 0 Å². The lowest BCUT2D eigenvalue weighted by molar-refractivity contribution is 0.130. The van der Waals surface area contributed by atoms with Gasteiger partial charge in [0.15, 0.2) is 0 Å². The van der Waals surface area contributed by atoms with Gasteiger partial charge in [-0.1, -0.05) is 13.0 Å². The minimum atomic E-state index is 0.0241. The van der Waals surface area contributed by atoms with Crippen LogP contribution in [0.4, 0.5) is 0 Å². The van der Waals surface area contributed by atoms with Crippen LogP contribution in [-0.2, 0) is 0 Å². The Morgan fingerprint density at radius 2 is 2.16 bits per heavy atom. The molecule has 0 saturated heterocycles. The van der Waals surface area contributed by atoms with Gasteiger partial charge in [-0.2, -0.15) is 5.26 Å². The van der Waals surface area contributed by atoms with Crippen molar-refractivity contribution in [1.29, 1.82) is 5.26 Å². The Morgan fingerprint density at radius 3 is 2.63 bits per heavy atom. The number of nitrogens with zero attached hydrogens (tertiary/aromatic N) is 3. The largest absolute Gasteiger partial charge is 0.326 e. The molecule has 0 aliphatic rings. The van der Waals surface area contributed by atoms with E-state index in [1.807, 2.05) is 18.2 Å². The van der Waals surface area contributed by atoms with Crippen LogP contribution in [0.3, 0.4) is 0 Å². The van der Waals surface area contributed by atoms with Gasteiger partial charge in [-0.25, -0.2) is 0 Å². The molecule has 0 saturated carbocycles. The maximum atomic E-state index is 8.82. The second-order valence-corrected chi connectivity index (χ2v) is 5.01. The van der Waals surface area contributed by atoms with Crippen molar-refractivity contribution in [2.24, 2.45) is 5.73 Å². The van der Waals surface area contributed by atoms with E-state index in [2.05, 4.69) is 36.7 Å². The van der Waals surface area contributed by atoms with Crippen molar-refractivity contribution in [1.82, 2.24) is 9.88 Å². The minimum absolute atomic E-state index is 0.0241. The highest BCUT2D eigenvalue weighted by molar-refractivity contribution is 5.12. The molecule has 2 N–H and O–H groups in total. The monoisotopic (exact) mass is 260 g/mol. The van der Waals surface area contributed by atoms with E-state index in [0.717, 1.165) is 18.7 Å². The van der Waals surface area contributed by atoms with Crippen LogP contribution in [0.15, 0.2) is 24.4 Å². The minimum Gasteiger partial charge on any atom is -0.326 e. The third-order valence-electron chi connectivity index (χ3n) is 3.37. The van der Waals surface area contributed by atoms with E-state index in [9.17, 15) is 0 Å². The quantitative estimate of drug-likeness (QED) is 0.818. The number of hydrogen-bond acceptors (Lipinski definition) is 4. The number of hydrogen-bond donors (Lipinski definition) is 1. The normalized spacial score (nSPS) is 14.4. The van der Waals surface area contributed by atoms with Gasteiger partial charge in [0.1, 0.15) is 0 Å². The molecule has 4 heteroatoms. The van der Waals surface area contributed by atoms with Gasteiger partial charge in [-0.3, -0.25) is 9.88 Å². The predicted molar refractivity (Wildman–Crippen MR) is 77.3 cm³/mol. The Kier molecular flexibility index (Phi) is 6.48. The van der Waals surface area contributed by atoms with Crippen molar-refractivity contribution >= 4 is 0 Å². The summed E-state index contributed by atoms with van der Waals surface area (Å²) in [5.41, 5.74) is 7.28. The van der Waals surface area contributed by atoms with Gasteiger partial charge in [0.25, 0.3) is 0 Å². The molecule has 104 valence electrons. The Labute approximate surface area is 116 Å². The highest BCUT2D eigenvalue weighted by atomic mass is 15.2. The smallest absolute Gasteiger partial charge is 0.0676 e. The van der Waals surface area contributed by atoms with Crippen LogP contribution in [-0.4, -0.2) is 28.5 Å². The van der Waals surface area contributed by atoms with Crippen molar-refractivity contribution in [3.63, 3.8) is 0 Å². The molecular formula is C15H24N4. The first-order valence-electron chi connectivity index (χ1n) is 6.91. The van der Waals surface area contributed by atoms with Crippen LogP contribution in [0.25, 0.3) is 0 Å². The summed E-state index contributed by atoms with van der Waals surface area (Å²) in [7, 11) is 0. The third kappa shape index (κ3) is 4.30. The summed E-state index contributed by atoms with van der Waals surface area (Å²) in [6, 6.07) is 8.55. The number of pyridine rings is 1. The Bertz CT molecular complexity index is 396. The fourth-order valence-corrected chi connectivity index (χ4v) is 2.31. The van der Waals surface area contributed by atoms with Gasteiger partial charge >= 0.3 is 0 Å². The first-order chi connectivity index (χ1) is 9.11. The fourth-order valence-electron chi connectivity index (χ4n) is 2.31. The van der Waals surface area contributed by atoms with Crippen LogP contribution >= 0.6 is 0 Å². The van der Waals surface area contributed by atoms with E-state index in [1.165, 1.54) is 0 Å². The molecule has 4 nitrogen and oxygen atoms in total. The van der Waals surface area contributed by atoms with E-state index in [0.29, 0.717) is 12.5 Å². The first kappa shape index (κ1) is 15.6. The van der Waals surface area contributed by atoms with Gasteiger partial charge in [-0.05, 0) is 32.4 Å². The topological polar surface area (TPSA) is 65.9 Å². The van der Waals surface area contributed by atoms with Gasteiger partial charge in [0, 0.05) is 31.2 Å². The van der Waals surface area contributed by atoms with E-state index in [4.69, 9.17) is 11.0 Å². The molecule has 19 heavy (non-hydrogen) atoms. The van der Waals surface area contributed by atoms with Crippen molar-refractivity contribution < 1.29 is 0 Å². The molecule has 1 rings (SSSR count). The number of nitrogens with two attached hydrogens (primary N) is 1. The molecule has 0 fully saturated rings. The van der Waals surface area contributed by atoms with Crippen molar-refractivity contribution in [3.8, 4) is 6.07 Å². The highest BCUT2D eigenvalue weighted by Gasteiger charge is 2.28. The summed E-state index contributed by atoms with van der Waals surface area (Å²) >= 11 is 0. The van der Waals surface area contributed by atoms with Gasteiger partial charge in [0.05, 0.1) is 17.8 Å². The van der Waals surface area contributed by atoms with Gasteiger partial charge < -0.3 is 5.73 Å². The van der Waals surface area contributed by atoms with Crippen molar-refractivity contribution in [2.75, 3.05) is 6.54 Å². The zero-order valence-corrected chi connectivity index (χ0v) is 12.1. The Hall–Kier alpha value is -1.44. The summed E-state index contributed by atoms with van der Waals surface area (Å²) in [6.45, 7) is 7.08. The fraction of sp³-hybridized carbons (Fsp3) is 0.600.